The molecular formula is C15H15ClOS. The van der Waals surface area contributed by atoms with Gasteiger partial charge in [0.1, 0.15) is 6.10 Å². The van der Waals surface area contributed by atoms with Crippen LogP contribution in [0.25, 0.3) is 0 Å². The first-order valence-corrected chi connectivity index (χ1v) is 7.23. The second-order valence-corrected chi connectivity index (χ2v) is 5.73. The zero-order valence-corrected chi connectivity index (χ0v) is 11.7. The number of aliphatic hydroxyl groups is 1. The van der Waals surface area contributed by atoms with Gasteiger partial charge in [-0.15, -0.1) is 11.8 Å². The highest BCUT2D eigenvalue weighted by molar-refractivity contribution is 7.99. The fraction of sp³-hybridized carbons (Fsp3) is 0.200. The van der Waals surface area contributed by atoms with E-state index in [4.69, 9.17) is 11.6 Å². The predicted molar refractivity (Wildman–Crippen MR) is 78.4 cm³/mol. The molecule has 2 aromatic rings. The van der Waals surface area contributed by atoms with Gasteiger partial charge in [-0.05, 0) is 41.1 Å². The molecule has 3 heteroatoms. The van der Waals surface area contributed by atoms with E-state index in [0.29, 0.717) is 5.02 Å². The first kappa shape index (κ1) is 13.5. The van der Waals surface area contributed by atoms with Crippen LogP contribution in [0.1, 0.15) is 24.2 Å². The third-order valence-corrected chi connectivity index (χ3v) is 3.84. The van der Waals surface area contributed by atoms with Gasteiger partial charge in [-0.1, -0.05) is 42.8 Å². The third-order valence-electron chi connectivity index (χ3n) is 2.69. The van der Waals surface area contributed by atoms with Gasteiger partial charge in [0.2, 0.25) is 0 Å². The minimum absolute atomic E-state index is 0.594. The Bertz CT molecular complexity index is 493. The fourth-order valence-electron chi connectivity index (χ4n) is 1.75. The van der Waals surface area contributed by atoms with E-state index >= 15 is 0 Å². The molecule has 0 unspecified atom stereocenters. The van der Waals surface area contributed by atoms with Crippen molar-refractivity contribution < 1.29 is 5.11 Å². The molecule has 0 fully saturated rings. The van der Waals surface area contributed by atoms with Crippen molar-refractivity contribution in [3.05, 3.63) is 64.7 Å². The smallest absolute Gasteiger partial charge is 0.104 e. The second-order valence-electron chi connectivity index (χ2n) is 3.96. The summed E-state index contributed by atoms with van der Waals surface area (Å²) in [4.78, 5) is 1.23. The fourth-order valence-corrected chi connectivity index (χ4v) is 2.54. The number of rotatable bonds is 4. The number of aliphatic hydroxyl groups excluding tert-OH is 1. The maximum absolute atomic E-state index is 10.3. The van der Waals surface area contributed by atoms with Crippen molar-refractivity contribution in [1.82, 2.24) is 0 Å². The van der Waals surface area contributed by atoms with Gasteiger partial charge in [-0.2, -0.15) is 0 Å². The molecule has 2 rings (SSSR count). The van der Waals surface area contributed by atoms with Crippen LogP contribution in [0.4, 0.5) is 0 Å². The maximum atomic E-state index is 10.3. The molecule has 0 bridgehead atoms. The van der Waals surface area contributed by atoms with Crippen LogP contribution in [-0.2, 0) is 0 Å². The molecule has 0 aliphatic rings. The molecule has 0 aliphatic carbocycles. The zero-order chi connectivity index (χ0) is 13.0. The Morgan fingerprint density at radius 3 is 2.00 bits per heavy atom. The van der Waals surface area contributed by atoms with E-state index in [9.17, 15) is 5.11 Å². The molecule has 2 aromatic carbocycles. The van der Waals surface area contributed by atoms with Gasteiger partial charge in [0.15, 0.2) is 0 Å². The third kappa shape index (κ3) is 3.29. The Morgan fingerprint density at radius 1 is 1.00 bits per heavy atom. The van der Waals surface area contributed by atoms with E-state index in [1.54, 1.807) is 23.9 Å². The van der Waals surface area contributed by atoms with E-state index in [2.05, 4.69) is 6.92 Å². The zero-order valence-electron chi connectivity index (χ0n) is 10.1. The highest BCUT2D eigenvalue weighted by atomic mass is 35.5. The van der Waals surface area contributed by atoms with Crippen LogP contribution >= 0.6 is 23.4 Å². The van der Waals surface area contributed by atoms with Gasteiger partial charge in [-0.25, -0.2) is 0 Å². The number of hydrogen-bond acceptors (Lipinski definition) is 2. The lowest BCUT2D eigenvalue weighted by Gasteiger charge is -2.12. The second kappa shape index (κ2) is 6.28. The monoisotopic (exact) mass is 278 g/mol. The molecule has 94 valence electrons. The molecule has 0 spiro atoms. The molecule has 0 amide bonds. The van der Waals surface area contributed by atoms with Gasteiger partial charge in [0.25, 0.3) is 0 Å². The Hall–Kier alpha value is -0.960. The highest BCUT2D eigenvalue weighted by Crippen LogP contribution is 2.25. The first-order chi connectivity index (χ1) is 8.70. The first-order valence-electron chi connectivity index (χ1n) is 5.87. The lowest BCUT2D eigenvalue weighted by molar-refractivity contribution is 0.220. The molecule has 0 aromatic heterocycles. The number of halogens is 1. The molecule has 0 saturated carbocycles. The molecular weight excluding hydrogens is 264 g/mol. The number of hydrogen-bond donors (Lipinski definition) is 1. The summed E-state index contributed by atoms with van der Waals surface area (Å²) >= 11 is 7.63. The van der Waals surface area contributed by atoms with E-state index in [1.807, 2.05) is 36.4 Å². The summed E-state index contributed by atoms with van der Waals surface area (Å²) in [6, 6.07) is 15.3. The normalized spacial score (nSPS) is 12.4. The van der Waals surface area contributed by atoms with Crippen LogP contribution < -0.4 is 0 Å². The molecule has 0 aliphatic heterocycles. The summed E-state index contributed by atoms with van der Waals surface area (Å²) in [5, 5.41) is 10.9. The molecule has 0 radical (unpaired) electrons. The molecule has 0 heterocycles. The van der Waals surface area contributed by atoms with Crippen molar-refractivity contribution in [3.63, 3.8) is 0 Å². The van der Waals surface area contributed by atoms with E-state index in [-0.39, 0.29) is 0 Å². The highest BCUT2D eigenvalue weighted by Gasteiger charge is 2.09. The largest absolute Gasteiger partial charge is 0.384 e. The quantitative estimate of drug-likeness (QED) is 0.829. The van der Waals surface area contributed by atoms with Gasteiger partial charge in [-0.3, -0.25) is 0 Å². The SMILES string of the molecule is CCSc1ccc([C@@H](O)c2ccc(Cl)cc2)cc1. The Kier molecular flexibility index (Phi) is 4.70. The molecule has 0 saturated heterocycles. The molecule has 1 N–H and O–H groups in total. The Morgan fingerprint density at radius 2 is 1.50 bits per heavy atom. The van der Waals surface area contributed by atoms with E-state index in [0.717, 1.165) is 16.9 Å². The minimum atomic E-state index is -0.594. The van der Waals surface area contributed by atoms with Crippen molar-refractivity contribution in [2.45, 2.75) is 17.9 Å². The maximum Gasteiger partial charge on any atom is 0.104 e. The van der Waals surface area contributed by atoms with Gasteiger partial charge >= 0.3 is 0 Å². The minimum Gasteiger partial charge on any atom is -0.384 e. The van der Waals surface area contributed by atoms with Crippen molar-refractivity contribution >= 4 is 23.4 Å². The Labute approximate surface area is 117 Å². The van der Waals surface area contributed by atoms with E-state index < -0.39 is 6.10 Å². The number of benzene rings is 2. The van der Waals surface area contributed by atoms with Gasteiger partial charge < -0.3 is 5.11 Å². The summed E-state index contributed by atoms with van der Waals surface area (Å²) < 4.78 is 0. The van der Waals surface area contributed by atoms with E-state index in [1.165, 1.54) is 4.90 Å². The molecule has 18 heavy (non-hydrogen) atoms. The summed E-state index contributed by atoms with van der Waals surface area (Å²) in [6.45, 7) is 2.13. The van der Waals surface area contributed by atoms with Crippen molar-refractivity contribution in [2.75, 3.05) is 5.75 Å². The average molecular weight is 279 g/mol. The van der Waals surface area contributed by atoms with Crippen molar-refractivity contribution in [1.29, 1.82) is 0 Å². The molecule has 1 atom stereocenters. The lowest BCUT2D eigenvalue weighted by Crippen LogP contribution is -1.98. The van der Waals surface area contributed by atoms with Crippen LogP contribution in [0.15, 0.2) is 53.4 Å². The summed E-state index contributed by atoms with van der Waals surface area (Å²) in [5.41, 5.74) is 1.76. The van der Waals surface area contributed by atoms with Crippen molar-refractivity contribution in [2.24, 2.45) is 0 Å². The summed E-state index contributed by atoms with van der Waals surface area (Å²) in [7, 11) is 0. The van der Waals surface area contributed by atoms with Gasteiger partial charge in [0, 0.05) is 9.92 Å². The van der Waals surface area contributed by atoms with Crippen LogP contribution in [0.5, 0.6) is 0 Å². The standard InChI is InChI=1S/C15H15ClOS/c1-2-18-14-9-5-12(6-10-14)15(17)11-3-7-13(16)8-4-11/h3-10,15,17H,2H2,1H3/t15-/m0/s1. The predicted octanol–water partition coefficient (Wildman–Crippen LogP) is 4.53. The average Bonchev–Trinajstić information content (AvgIpc) is 2.40. The lowest BCUT2D eigenvalue weighted by atomic mass is 10.0. The van der Waals surface area contributed by atoms with Crippen molar-refractivity contribution in [3.8, 4) is 0 Å². The topological polar surface area (TPSA) is 20.2 Å². The summed E-state index contributed by atoms with van der Waals surface area (Å²) in [6.07, 6.45) is -0.594. The number of thioether (sulfide) groups is 1. The van der Waals surface area contributed by atoms with Crippen LogP contribution in [0.2, 0.25) is 5.02 Å². The summed E-state index contributed by atoms with van der Waals surface area (Å²) in [5.74, 6) is 1.05. The van der Waals surface area contributed by atoms with Crippen LogP contribution in [0, 0.1) is 0 Å². The molecule has 1 nitrogen and oxygen atoms in total. The van der Waals surface area contributed by atoms with Gasteiger partial charge in [0.05, 0.1) is 0 Å². The Balaban J connectivity index is 2.17. The van der Waals surface area contributed by atoms with Crippen LogP contribution in [-0.4, -0.2) is 10.9 Å². The van der Waals surface area contributed by atoms with Crippen LogP contribution in [0.3, 0.4) is 0 Å².